The Labute approximate surface area is 134 Å². The summed E-state index contributed by atoms with van der Waals surface area (Å²) in [6.45, 7) is 11.1. The SMILES string of the molecule is CCC/C(=N/OCC)C1=C(N2CCCC2)CC(C)(C)CC1=O. The van der Waals surface area contributed by atoms with Crippen LogP contribution in [0.3, 0.4) is 0 Å². The van der Waals surface area contributed by atoms with E-state index in [9.17, 15) is 4.79 Å². The van der Waals surface area contributed by atoms with Gasteiger partial charge in [0.15, 0.2) is 5.78 Å². The summed E-state index contributed by atoms with van der Waals surface area (Å²) in [6.07, 6.45) is 5.78. The number of Topliss-reactive ketones (excluding diaryl/α,β-unsaturated/α-hetero) is 1. The second-order valence-corrected chi connectivity index (χ2v) is 7.16. The first-order valence-electron chi connectivity index (χ1n) is 8.69. The molecule has 0 saturated carbocycles. The Bertz CT molecular complexity index is 471. The molecule has 0 aromatic rings. The van der Waals surface area contributed by atoms with Gasteiger partial charge in [0.25, 0.3) is 0 Å². The van der Waals surface area contributed by atoms with Gasteiger partial charge in [-0.3, -0.25) is 4.79 Å². The zero-order valence-corrected chi connectivity index (χ0v) is 14.6. The van der Waals surface area contributed by atoms with Crippen molar-refractivity contribution < 1.29 is 9.63 Å². The molecule has 0 radical (unpaired) electrons. The average Bonchev–Trinajstić information content (AvgIpc) is 2.96. The third kappa shape index (κ3) is 3.90. The second-order valence-electron chi connectivity index (χ2n) is 7.16. The number of hydrogen-bond donors (Lipinski definition) is 0. The fourth-order valence-corrected chi connectivity index (χ4v) is 3.47. The highest BCUT2D eigenvalue weighted by molar-refractivity contribution is 6.23. The first-order valence-corrected chi connectivity index (χ1v) is 8.69. The minimum absolute atomic E-state index is 0.0431. The maximum atomic E-state index is 12.8. The quantitative estimate of drug-likeness (QED) is 0.552. The molecule has 22 heavy (non-hydrogen) atoms. The van der Waals surface area contributed by atoms with Gasteiger partial charge in [0.2, 0.25) is 0 Å². The van der Waals surface area contributed by atoms with E-state index >= 15 is 0 Å². The van der Waals surface area contributed by atoms with E-state index in [0.29, 0.717) is 13.0 Å². The van der Waals surface area contributed by atoms with Crippen LogP contribution in [-0.4, -0.2) is 36.1 Å². The molecule has 4 nitrogen and oxygen atoms in total. The van der Waals surface area contributed by atoms with Crippen molar-refractivity contribution in [3.63, 3.8) is 0 Å². The lowest BCUT2D eigenvalue weighted by molar-refractivity contribution is -0.117. The molecule has 2 rings (SSSR count). The van der Waals surface area contributed by atoms with Gasteiger partial charge in [-0.15, -0.1) is 0 Å². The number of oxime groups is 1. The van der Waals surface area contributed by atoms with E-state index in [1.807, 2.05) is 6.92 Å². The number of rotatable bonds is 6. The molecular weight excluding hydrogens is 276 g/mol. The van der Waals surface area contributed by atoms with Crippen LogP contribution in [0.5, 0.6) is 0 Å². The van der Waals surface area contributed by atoms with Crippen LogP contribution in [0.1, 0.15) is 66.2 Å². The van der Waals surface area contributed by atoms with Crippen molar-refractivity contribution in [3.05, 3.63) is 11.3 Å². The molecule has 2 aliphatic rings. The van der Waals surface area contributed by atoms with Crippen LogP contribution >= 0.6 is 0 Å². The molecule has 4 heteroatoms. The Morgan fingerprint density at radius 1 is 1.23 bits per heavy atom. The molecule has 0 unspecified atom stereocenters. The largest absolute Gasteiger partial charge is 0.396 e. The summed E-state index contributed by atoms with van der Waals surface area (Å²) in [6, 6.07) is 0. The molecule has 0 N–H and O–H groups in total. The fourth-order valence-electron chi connectivity index (χ4n) is 3.47. The normalized spacial score (nSPS) is 22.5. The summed E-state index contributed by atoms with van der Waals surface area (Å²) in [4.78, 5) is 20.5. The summed E-state index contributed by atoms with van der Waals surface area (Å²) in [5.74, 6) is 0.241. The van der Waals surface area contributed by atoms with Gasteiger partial charge in [0.05, 0.1) is 11.3 Å². The van der Waals surface area contributed by atoms with Crippen LogP contribution in [0.4, 0.5) is 0 Å². The summed E-state index contributed by atoms with van der Waals surface area (Å²) in [7, 11) is 0. The zero-order chi connectivity index (χ0) is 16.2. The Morgan fingerprint density at radius 3 is 2.50 bits per heavy atom. The van der Waals surface area contributed by atoms with Gasteiger partial charge in [-0.25, -0.2) is 0 Å². The fraction of sp³-hybridized carbons (Fsp3) is 0.778. The zero-order valence-electron chi connectivity index (χ0n) is 14.6. The van der Waals surface area contributed by atoms with E-state index in [-0.39, 0.29) is 11.2 Å². The predicted octanol–water partition coefficient (Wildman–Crippen LogP) is 3.92. The van der Waals surface area contributed by atoms with Crippen molar-refractivity contribution in [1.82, 2.24) is 4.90 Å². The van der Waals surface area contributed by atoms with Crippen LogP contribution in [0, 0.1) is 5.41 Å². The average molecular weight is 306 g/mol. The molecule has 0 atom stereocenters. The summed E-state index contributed by atoms with van der Waals surface area (Å²) in [5.41, 5.74) is 2.97. The van der Waals surface area contributed by atoms with Crippen molar-refractivity contribution >= 4 is 11.5 Å². The lowest BCUT2D eigenvalue weighted by Crippen LogP contribution is -2.35. The van der Waals surface area contributed by atoms with Crippen LogP contribution in [0.2, 0.25) is 0 Å². The van der Waals surface area contributed by atoms with Crippen molar-refractivity contribution in [3.8, 4) is 0 Å². The standard InChI is InChI=1S/C18H30N2O2/c1-5-9-14(19-22-6-2)17-15(20-10-7-8-11-20)12-18(3,4)13-16(17)21/h5-13H2,1-4H3/b19-14-. The maximum Gasteiger partial charge on any atom is 0.167 e. The molecule has 1 fully saturated rings. The van der Waals surface area contributed by atoms with Crippen molar-refractivity contribution in [2.24, 2.45) is 10.6 Å². The van der Waals surface area contributed by atoms with E-state index in [0.717, 1.165) is 43.6 Å². The molecule has 0 spiro atoms. The van der Waals surface area contributed by atoms with Crippen molar-refractivity contribution in [2.75, 3.05) is 19.7 Å². The van der Waals surface area contributed by atoms with Gasteiger partial charge >= 0.3 is 0 Å². The van der Waals surface area contributed by atoms with E-state index in [1.54, 1.807) is 0 Å². The number of carbonyl (C=O) groups is 1. The lowest BCUT2D eigenvalue weighted by Gasteiger charge is -2.36. The molecule has 0 amide bonds. The maximum absolute atomic E-state index is 12.8. The van der Waals surface area contributed by atoms with Gasteiger partial charge in [0, 0.05) is 25.2 Å². The molecule has 0 aromatic carbocycles. The van der Waals surface area contributed by atoms with E-state index < -0.39 is 0 Å². The molecule has 1 heterocycles. The summed E-state index contributed by atoms with van der Waals surface area (Å²) >= 11 is 0. The minimum atomic E-state index is 0.0431. The number of nitrogens with zero attached hydrogens (tertiary/aromatic N) is 2. The smallest absolute Gasteiger partial charge is 0.167 e. The van der Waals surface area contributed by atoms with Crippen molar-refractivity contribution in [2.45, 2.75) is 66.2 Å². The van der Waals surface area contributed by atoms with E-state index in [1.165, 1.54) is 18.5 Å². The Hall–Kier alpha value is -1.32. The number of carbonyl (C=O) groups excluding carboxylic acids is 1. The first-order chi connectivity index (χ1) is 10.5. The molecule has 124 valence electrons. The first kappa shape index (κ1) is 17.0. The van der Waals surface area contributed by atoms with Gasteiger partial charge in [-0.05, 0) is 38.0 Å². The van der Waals surface area contributed by atoms with Crippen LogP contribution < -0.4 is 0 Å². The Morgan fingerprint density at radius 2 is 1.91 bits per heavy atom. The van der Waals surface area contributed by atoms with Gasteiger partial charge in [-0.1, -0.05) is 32.3 Å². The Balaban J connectivity index is 2.44. The predicted molar refractivity (Wildman–Crippen MR) is 89.8 cm³/mol. The summed E-state index contributed by atoms with van der Waals surface area (Å²) in [5, 5.41) is 4.29. The topological polar surface area (TPSA) is 41.9 Å². The van der Waals surface area contributed by atoms with Gasteiger partial charge < -0.3 is 9.74 Å². The molecule has 1 aliphatic carbocycles. The monoisotopic (exact) mass is 306 g/mol. The highest BCUT2D eigenvalue weighted by Gasteiger charge is 2.37. The second kappa shape index (κ2) is 7.30. The number of hydrogen-bond acceptors (Lipinski definition) is 4. The van der Waals surface area contributed by atoms with Crippen LogP contribution in [-0.2, 0) is 9.63 Å². The molecule has 1 aliphatic heterocycles. The highest BCUT2D eigenvalue weighted by Crippen LogP contribution is 2.40. The molecule has 0 bridgehead atoms. The lowest BCUT2D eigenvalue weighted by atomic mass is 9.74. The third-order valence-electron chi connectivity index (χ3n) is 4.42. The molecular formula is C18H30N2O2. The third-order valence-corrected chi connectivity index (χ3v) is 4.42. The van der Waals surface area contributed by atoms with Crippen LogP contribution in [0.25, 0.3) is 0 Å². The van der Waals surface area contributed by atoms with E-state index in [2.05, 4.69) is 30.8 Å². The van der Waals surface area contributed by atoms with Gasteiger partial charge in [-0.2, -0.15) is 0 Å². The molecule has 1 saturated heterocycles. The Kier molecular flexibility index (Phi) is 5.65. The van der Waals surface area contributed by atoms with Gasteiger partial charge in [0.1, 0.15) is 6.61 Å². The number of likely N-dealkylation sites (tertiary alicyclic amines) is 1. The minimum Gasteiger partial charge on any atom is -0.396 e. The van der Waals surface area contributed by atoms with Crippen LogP contribution in [0.15, 0.2) is 16.4 Å². The highest BCUT2D eigenvalue weighted by atomic mass is 16.6. The molecule has 0 aromatic heterocycles. The van der Waals surface area contributed by atoms with Crippen molar-refractivity contribution in [1.29, 1.82) is 0 Å². The van der Waals surface area contributed by atoms with E-state index in [4.69, 9.17) is 4.84 Å². The number of allylic oxidation sites excluding steroid dienone is 2. The summed E-state index contributed by atoms with van der Waals surface area (Å²) < 4.78 is 0. The number of ketones is 1.